The van der Waals surface area contributed by atoms with Gasteiger partial charge in [0.1, 0.15) is 19.0 Å². The van der Waals surface area contributed by atoms with E-state index >= 15 is 0 Å². The Morgan fingerprint density at radius 1 is 1.27 bits per heavy atom. The van der Waals surface area contributed by atoms with Crippen LogP contribution in [0.15, 0.2) is 34.8 Å². The van der Waals surface area contributed by atoms with Crippen LogP contribution in [-0.4, -0.2) is 25.7 Å². The highest BCUT2D eigenvalue weighted by atomic mass is 79.9. The van der Waals surface area contributed by atoms with Crippen LogP contribution in [0, 0.1) is 6.92 Å². The molecule has 0 bridgehead atoms. The van der Waals surface area contributed by atoms with E-state index in [0.717, 1.165) is 21.3 Å². The minimum atomic E-state index is -0.231. The first kappa shape index (κ1) is 18.9. The highest BCUT2D eigenvalue weighted by molar-refractivity contribution is 9.10. The molecule has 2 aromatic carbocycles. The molecule has 0 spiro atoms. The van der Waals surface area contributed by atoms with Gasteiger partial charge in [-0.05, 0) is 49.2 Å². The number of hydrogen-bond acceptors (Lipinski definition) is 4. The molecule has 1 atom stereocenters. The van der Waals surface area contributed by atoms with Crippen LogP contribution in [0.25, 0.3) is 0 Å². The summed E-state index contributed by atoms with van der Waals surface area (Å²) in [6, 6.07) is 9.08. The normalized spacial score (nSPS) is 13.8. The molecule has 2 aromatic rings. The lowest BCUT2D eigenvalue weighted by Gasteiger charge is -2.21. The third kappa shape index (κ3) is 4.43. The lowest BCUT2D eigenvalue weighted by molar-refractivity contribution is -0.123. The molecule has 0 fully saturated rings. The second-order valence-electron chi connectivity index (χ2n) is 6.01. The quantitative estimate of drug-likeness (QED) is 0.747. The number of aryl methyl sites for hydroxylation is 1. The fourth-order valence-electron chi connectivity index (χ4n) is 2.71. The predicted molar refractivity (Wildman–Crippen MR) is 103 cm³/mol. The molecule has 1 amide bonds. The van der Waals surface area contributed by atoms with Crippen LogP contribution >= 0.6 is 27.5 Å². The van der Waals surface area contributed by atoms with Crippen molar-refractivity contribution in [2.75, 3.05) is 19.8 Å². The summed E-state index contributed by atoms with van der Waals surface area (Å²) < 4.78 is 17.6. The number of rotatable bonds is 5. The maximum Gasteiger partial charge on any atom is 0.258 e. The van der Waals surface area contributed by atoms with Crippen molar-refractivity contribution in [2.24, 2.45) is 0 Å². The topological polar surface area (TPSA) is 56.8 Å². The summed E-state index contributed by atoms with van der Waals surface area (Å²) >= 11 is 9.55. The van der Waals surface area contributed by atoms with E-state index in [1.807, 2.05) is 38.1 Å². The number of carbonyl (C=O) groups is 1. The van der Waals surface area contributed by atoms with Gasteiger partial charge in [0.2, 0.25) is 0 Å². The largest absolute Gasteiger partial charge is 0.486 e. The Morgan fingerprint density at radius 3 is 2.73 bits per heavy atom. The molecule has 3 rings (SSSR count). The lowest BCUT2D eigenvalue weighted by atomic mass is 10.1. The molecule has 0 radical (unpaired) electrons. The van der Waals surface area contributed by atoms with Crippen molar-refractivity contribution >= 4 is 33.4 Å². The van der Waals surface area contributed by atoms with Gasteiger partial charge in [0.25, 0.3) is 5.91 Å². The van der Waals surface area contributed by atoms with Gasteiger partial charge in [-0.15, -0.1) is 0 Å². The number of fused-ring (bicyclic) bond motifs is 1. The number of benzene rings is 2. The van der Waals surface area contributed by atoms with E-state index in [9.17, 15) is 4.79 Å². The molecule has 0 saturated heterocycles. The second kappa shape index (κ2) is 8.18. The van der Waals surface area contributed by atoms with Crippen LogP contribution in [0.2, 0.25) is 5.02 Å². The average molecular weight is 441 g/mol. The highest BCUT2D eigenvalue weighted by Crippen LogP contribution is 2.33. The molecule has 26 heavy (non-hydrogen) atoms. The van der Waals surface area contributed by atoms with E-state index in [0.29, 0.717) is 29.7 Å². The SMILES string of the molecule is Cc1cc(Br)cc(Cl)c1OCC(=O)NC(C)c1ccc2c(c1)OCCO2. The number of carbonyl (C=O) groups excluding carboxylic acids is 1. The zero-order chi connectivity index (χ0) is 18.7. The first-order chi connectivity index (χ1) is 12.4. The molecule has 5 nitrogen and oxygen atoms in total. The van der Waals surface area contributed by atoms with Crippen LogP contribution in [0.4, 0.5) is 0 Å². The molecule has 0 aromatic heterocycles. The monoisotopic (exact) mass is 439 g/mol. The van der Waals surface area contributed by atoms with Crippen molar-refractivity contribution in [1.82, 2.24) is 5.32 Å². The van der Waals surface area contributed by atoms with E-state index in [1.165, 1.54) is 0 Å². The van der Waals surface area contributed by atoms with Gasteiger partial charge in [0, 0.05) is 4.47 Å². The van der Waals surface area contributed by atoms with Gasteiger partial charge in [-0.2, -0.15) is 0 Å². The average Bonchev–Trinajstić information content (AvgIpc) is 2.60. The molecular weight excluding hydrogens is 422 g/mol. The van der Waals surface area contributed by atoms with E-state index in [-0.39, 0.29) is 18.6 Å². The first-order valence-corrected chi connectivity index (χ1v) is 9.38. The standard InChI is InChI=1S/C19H19BrClNO4/c1-11-7-14(20)9-15(21)19(11)26-10-18(23)22-12(2)13-3-4-16-17(8-13)25-6-5-24-16/h3-4,7-9,12H,5-6,10H2,1-2H3,(H,22,23). The van der Waals surface area contributed by atoms with Gasteiger partial charge < -0.3 is 19.5 Å². The summed E-state index contributed by atoms with van der Waals surface area (Å²) in [7, 11) is 0. The molecule has 1 aliphatic rings. The molecule has 0 saturated carbocycles. The van der Waals surface area contributed by atoms with Gasteiger partial charge in [-0.25, -0.2) is 0 Å². The minimum Gasteiger partial charge on any atom is -0.486 e. The van der Waals surface area contributed by atoms with Crippen LogP contribution in [-0.2, 0) is 4.79 Å². The van der Waals surface area contributed by atoms with Crippen molar-refractivity contribution in [3.63, 3.8) is 0 Å². The minimum absolute atomic E-state index is 0.114. The maximum absolute atomic E-state index is 12.2. The van der Waals surface area contributed by atoms with Crippen molar-refractivity contribution in [2.45, 2.75) is 19.9 Å². The molecule has 1 N–H and O–H groups in total. The first-order valence-electron chi connectivity index (χ1n) is 8.21. The molecule has 7 heteroatoms. The van der Waals surface area contributed by atoms with E-state index in [4.69, 9.17) is 25.8 Å². The van der Waals surface area contributed by atoms with E-state index in [2.05, 4.69) is 21.2 Å². The van der Waals surface area contributed by atoms with Crippen LogP contribution in [0.1, 0.15) is 24.1 Å². The number of hydrogen-bond donors (Lipinski definition) is 1. The maximum atomic E-state index is 12.2. The molecule has 1 heterocycles. The number of halogens is 2. The summed E-state index contributed by atoms with van der Waals surface area (Å²) in [6.07, 6.45) is 0. The van der Waals surface area contributed by atoms with E-state index < -0.39 is 0 Å². The van der Waals surface area contributed by atoms with Gasteiger partial charge >= 0.3 is 0 Å². The zero-order valence-electron chi connectivity index (χ0n) is 14.5. The number of ether oxygens (including phenoxy) is 3. The Kier molecular flexibility index (Phi) is 5.94. The summed E-state index contributed by atoms with van der Waals surface area (Å²) in [5.41, 5.74) is 1.79. The summed E-state index contributed by atoms with van der Waals surface area (Å²) in [5, 5.41) is 3.37. The predicted octanol–water partition coefficient (Wildman–Crippen LogP) is 4.44. The van der Waals surface area contributed by atoms with Crippen LogP contribution < -0.4 is 19.5 Å². The Bertz CT molecular complexity index is 804. The van der Waals surface area contributed by atoms with Crippen LogP contribution in [0.3, 0.4) is 0 Å². The van der Waals surface area contributed by atoms with Crippen molar-refractivity contribution < 1.29 is 19.0 Å². The fraction of sp³-hybridized carbons (Fsp3) is 0.316. The Labute approximate surface area is 165 Å². The molecule has 138 valence electrons. The number of amides is 1. The highest BCUT2D eigenvalue weighted by Gasteiger charge is 2.16. The third-order valence-electron chi connectivity index (χ3n) is 3.99. The van der Waals surface area contributed by atoms with Crippen LogP contribution in [0.5, 0.6) is 17.2 Å². The summed E-state index contributed by atoms with van der Waals surface area (Å²) in [6.45, 7) is 4.74. The molecular formula is C19H19BrClNO4. The fourth-order valence-corrected chi connectivity index (χ4v) is 3.73. The Hall–Kier alpha value is -1.92. The van der Waals surface area contributed by atoms with E-state index in [1.54, 1.807) is 6.07 Å². The smallest absolute Gasteiger partial charge is 0.258 e. The lowest BCUT2D eigenvalue weighted by Crippen LogP contribution is -2.31. The zero-order valence-corrected chi connectivity index (χ0v) is 16.8. The van der Waals surface area contributed by atoms with Crippen molar-refractivity contribution in [3.8, 4) is 17.2 Å². The van der Waals surface area contributed by atoms with Gasteiger partial charge in [0.15, 0.2) is 18.1 Å². The van der Waals surface area contributed by atoms with Gasteiger partial charge in [-0.3, -0.25) is 4.79 Å². The number of nitrogens with one attached hydrogen (secondary N) is 1. The second-order valence-corrected chi connectivity index (χ2v) is 7.34. The van der Waals surface area contributed by atoms with Gasteiger partial charge in [-0.1, -0.05) is 33.6 Å². The molecule has 1 aliphatic heterocycles. The van der Waals surface area contributed by atoms with Crippen molar-refractivity contribution in [3.05, 3.63) is 51.0 Å². The van der Waals surface area contributed by atoms with Crippen molar-refractivity contribution in [1.29, 1.82) is 0 Å². The summed E-state index contributed by atoms with van der Waals surface area (Å²) in [5.74, 6) is 1.70. The third-order valence-corrected chi connectivity index (χ3v) is 4.72. The Balaban J connectivity index is 1.60. The van der Waals surface area contributed by atoms with Gasteiger partial charge in [0.05, 0.1) is 11.1 Å². The Morgan fingerprint density at radius 2 is 2.00 bits per heavy atom. The summed E-state index contributed by atoms with van der Waals surface area (Å²) in [4.78, 5) is 12.2. The molecule has 0 aliphatic carbocycles. The molecule has 1 unspecified atom stereocenters.